The maximum Gasteiger partial charge on any atom is 0.255 e. The van der Waals surface area contributed by atoms with Crippen molar-refractivity contribution >= 4 is 11.6 Å². The lowest BCUT2D eigenvalue weighted by molar-refractivity contribution is 0.102. The monoisotopic (exact) mass is 437 g/mol. The molecule has 32 heavy (non-hydrogen) atoms. The molecular weight excluding hydrogens is 406 g/mol. The third-order valence-corrected chi connectivity index (χ3v) is 5.46. The van der Waals surface area contributed by atoms with Gasteiger partial charge in [-0.2, -0.15) is 0 Å². The number of rotatable bonds is 10. The fraction of sp³-hybridized carbons (Fsp3) is 0.360. The minimum absolute atomic E-state index is 0.208. The van der Waals surface area contributed by atoms with Crippen molar-refractivity contribution in [2.45, 2.75) is 40.8 Å². The molecule has 170 valence electrons. The predicted molar refractivity (Wildman–Crippen MR) is 124 cm³/mol. The van der Waals surface area contributed by atoms with Crippen LogP contribution in [0, 0.1) is 13.8 Å². The Morgan fingerprint density at radius 3 is 2.53 bits per heavy atom. The minimum Gasteiger partial charge on any atom is -0.493 e. The fourth-order valence-electron chi connectivity index (χ4n) is 3.44. The SMILES string of the molecule is CCN(CC)Cc1cccc(NC(=O)c2ccc(OCc3c(C)noc3C)c(OC)c2)c1. The zero-order chi connectivity index (χ0) is 23.1. The Balaban J connectivity index is 1.69. The molecule has 3 aromatic rings. The lowest BCUT2D eigenvalue weighted by atomic mass is 10.1. The van der Waals surface area contributed by atoms with E-state index in [4.69, 9.17) is 14.0 Å². The van der Waals surface area contributed by atoms with E-state index in [1.165, 1.54) is 0 Å². The molecule has 7 nitrogen and oxygen atoms in total. The molecule has 0 radical (unpaired) electrons. The average Bonchev–Trinajstić information content (AvgIpc) is 3.13. The van der Waals surface area contributed by atoms with Crippen LogP contribution >= 0.6 is 0 Å². The first-order valence-electron chi connectivity index (χ1n) is 10.8. The maximum atomic E-state index is 12.8. The van der Waals surface area contributed by atoms with Gasteiger partial charge in [-0.3, -0.25) is 9.69 Å². The molecule has 0 unspecified atom stereocenters. The standard InChI is InChI=1S/C25H31N3O4/c1-6-28(7-2)15-19-9-8-10-21(13-19)26-25(29)20-11-12-23(24(14-20)30-5)31-16-22-17(3)27-32-18(22)4/h8-14H,6-7,15-16H2,1-5H3,(H,26,29). The molecule has 1 aromatic heterocycles. The largest absolute Gasteiger partial charge is 0.493 e. The number of carbonyl (C=O) groups is 1. The molecule has 0 bridgehead atoms. The number of benzene rings is 2. The molecule has 2 aromatic carbocycles. The van der Waals surface area contributed by atoms with Crippen molar-refractivity contribution < 1.29 is 18.8 Å². The molecular formula is C25H31N3O4. The van der Waals surface area contributed by atoms with Crippen LogP contribution in [0.2, 0.25) is 0 Å². The normalized spacial score (nSPS) is 10.9. The van der Waals surface area contributed by atoms with Crippen molar-refractivity contribution in [3.05, 3.63) is 70.6 Å². The van der Waals surface area contributed by atoms with Crippen molar-refractivity contribution in [1.82, 2.24) is 10.1 Å². The average molecular weight is 438 g/mol. The number of carbonyl (C=O) groups excluding carboxylic acids is 1. The number of methoxy groups -OCH3 is 1. The summed E-state index contributed by atoms with van der Waals surface area (Å²) in [6, 6.07) is 13.1. The summed E-state index contributed by atoms with van der Waals surface area (Å²) in [5, 5.41) is 6.91. The third kappa shape index (κ3) is 5.68. The van der Waals surface area contributed by atoms with Gasteiger partial charge < -0.3 is 19.3 Å². The van der Waals surface area contributed by atoms with Crippen LogP contribution in [0.15, 0.2) is 47.0 Å². The van der Waals surface area contributed by atoms with Crippen molar-refractivity contribution in [1.29, 1.82) is 0 Å². The number of hydrogen-bond donors (Lipinski definition) is 1. The molecule has 7 heteroatoms. The second-order valence-corrected chi connectivity index (χ2v) is 7.57. The van der Waals surface area contributed by atoms with Crippen molar-refractivity contribution in [2.24, 2.45) is 0 Å². The van der Waals surface area contributed by atoms with E-state index in [-0.39, 0.29) is 5.91 Å². The quantitative estimate of drug-likeness (QED) is 0.482. The molecule has 0 aliphatic heterocycles. The summed E-state index contributed by atoms with van der Waals surface area (Å²) in [6.45, 7) is 11.1. The molecule has 0 fully saturated rings. The Kier molecular flexibility index (Phi) is 7.89. The van der Waals surface area contributed by atoms with Crippen molar-refractivity contribution in [2.75, 3.05) is 25.5 Å². The van der Waals surface area contributed by atoms with Crippen molar-refractivity contribution in [3.63, 3.8) is 0 Å². The molecule has 1 N–H and O–H groups in total. The Labute approximate surface area is 189 Å². The zero-order valence-electron chi connectivity index (χ0n) is 19.4. The summed E-state index contributed by atoms with van der Waals surface area (Å²) in [6.07, 6.45) is 0. The number of hydrogen-bond acceptors (Lipinski definition) is 6. The van der Waals surface area contributed by atoms with E-state index >= 15 is 0 Å². The van der Waals surface area contributed by atoms with E-state index in [1.807, 2.05) is 32.0 Å². The van der Waals surface area contributed by atoms with Crippen LogP contribution in [-0.4, -0.2) is 36.2 Å². The second kappa shape index (κ2) is 10.8. The fourth-order valence-corrected chi connectivity index (χ4v) is 3.44. The topological polar surface area (TPSA) is 76.8 Å². The van der Waals surface area contributed by atoms with E-state index < -0.39 is 0 Å². The first kappa shape index (κ1) is 23.3. The molecule has 0 atom stereocenters. The van der Waals surface area contributed by atoms with Crippen LogP contribution in [0.4, 0.5) is 5.69 Å². The van der Waals surface area contributed by atoms with Gasteiger partial charge in [0, 0.05) is 17.8 Å². The van der Waals surface area contributed by atoms with Crippen LogP contribution in [0.1, 0.15) is 46.8 Å². The Morgan fingerprint density at radius 1 is 1.09 bits per heavy atom. The maximum absolute atomic E-state index is 12.8. The van der Waals surface area contributed by atoms with Gasteiger partial charge in [0.2, 0.25) is 0 Å². The number of nitrogens with one attached hydrogen (secondary N) is 1. The molecule has 0 spiro atoms. The molecule has 1 amide bonds. The van der Waals surface area contributed by atoms with Gasteiger partial charge in [-0.05, 0) is 62.8 Å². The van der Waals surface area contributed by atoms with Gasteiger partial charge in [-0.1, -0.05) is 31.1 Å². The Morgan fingerprint density at radius 2 is 1.88 bits per heavy atom. The third-order valence-electron chi connectivity index (χ3n) is 5.46. The summed E-state index contributed by atoms with van der Waals surface area (Å²) >= 11 is 0. The molecule has 3 rings (SSSR count). The highest BCUT2D eigenvalue weighted by Crippen LogP contribution is 2.30. The van der Waals surface area contributed by atoms with E-state index in [0.717, 1.165) is 47.9 Å². The van der Waals surface area contributed by atoms with E-state index in [1.54, 1.807) is 25.3 Å². The van der Waals surface area contributed by atoms with Gasteiger partial charge in [-0.15, -0.1) is 0 Å². The summed E-state index contributed by atoms with van der Waals surface area (Å²) in [5.41, 5.74) is 4.10. The van der Waals surface area contributed by atoms with Gasteiger partial charge in [0.15, 0.2) is 11.5 Å². The lowest BCUT2D eigenvalue weighted by Crippen LogP contribution is -2.22. The lowest BCUT2D eigenvalue weighted by Gasteiger charge is -2.18. The smallest absolute Gasteiger partial charge is 0.255 e. The van der Waals surface area contributed by atoms with Crippen LogP contribution in [0.5, 0.6) is 11.5 Å². The number of aromatic nitrogens is 1. The number of nitrogens with zero attached hydrogens (tertiary/aromatic N) is 2. The Hall–Kier alpha value is -3.32. The number of ether oxygens (including phenoxy) is 2. The molecule has 0 aliphatic carbocycles. The molecule has 1 heterocycles. The van der Waals surface area contributed by atoms with E-state index in [0.29, 0.717) is 23.7 Å². The molecule has 0 saturated carbocycles. The first-order chi connectivity index (χ1) is 15.4. The van der Waals surface area contributed by atoms with Gasteiger partial charge in [0.25, 0.3) is 5.91 Å². The van der Waals surface area contributed by atoms with Crippen LogP contribution in [0.25, 0.3) is 0 Å². The summed E-state index contributed by atoms with van der Waals surface area (Å²) < 4.78 is 16.5. The number of aryl methyl sites for hydroxylation is 2. The highest BCUT2D eigenvalue weighted by atomic mass is 16.5. The molecule has 0 saturated heterocycles. The number of amides is 1. The van der Waals surface area contributed by atoms with Gasteiger partial charge in [0.1, 0.15) is 12.4 Å². The van der Waals surface area contributed by atoms with Crippen molar-refractivity contribution in [3.8, 4) is 11.5 Å². The van der Waals surface area contributed by atoms with Crippen LogP contribution in [-0.2, 0) is 13.2 Å². The van der Waals surface area contributed by atoms with Gasteiger partial charge >= 0.3 is 0 Å². The van der Waals surface area contributed by atoms with Gasteiger partial charge in [0.05, 0.1) is 18.4 Å². The number of anilines is 1. The second-order valence-electron chi connectivity index (χ2n) is 7.57. The van der Waals surface area contributed by atoms with E-state index in [2.05, 4.69) is 35.3 Å². The molecule has 0 aliphatic rings. The highest BCUT2D eigenvalue weighted by Gasteiger charge is 2.14. The predicted octanol–water partition coefficient (Wildman–Crippen LogP) is 4.97. The summed E-state index contributed by atoms with van der Waals surface area (Å²) in [4.78, 5) is 15.2. The minimum atomic E-state index is -0.208. The first-order valence-corrected chi connectivity index (χ1v) is 10.8. The summed E-state index contributed by atoms with van der Waals surface area (Å²) in [5.74, 6) is 1.55. The highest BCUT2D eigenvalue weighted by molar-refractivity contribution is 6.04. The zero-order valence-corrected chi connectivity index (χ0v) is 19.4. The van der Waals surface area contributed by atoms with E-state index in [9.17, 15) is 4.79 Å². The van der Waals surface area contributed by atoms with Crippen LogP contribution in [0.3, 0.4) is 0 Å². The summed E-state index contributed by atoms with van der Waals surface area (Å²) in [7, 11) is 1.55. The Bertz CT molecular complexity index is 1040. The van der Waals surface area contributed by atoms with Crippen LogP contribution < -0.4 is 14.8 Å². The van der Waals surface area contributed by atoms with Gasteiger partial charge in [-0.25, -0.2) is 0 Å².